The van der Waals surface area contributed by atoms with Crippen molar-refractivity contribution >= 4 is 0 Å². The van der Waals surface area contributed by atoms with Crippen molar-refractivity contribution in [3.05, 3.63) is 71.5 Å². The van der Waals surface area contributed by atoms with E-state index >= 15 is 0 Å². The van der Waals surface area contributed by atoms with E-state index in [1.807, 2.05) is 30.3 Å². The van der Waals surface area contributed by atoms with Crippen molar-refractivity contribution < 1.29 is 4.39 Å². The fraction of sp³-hybridized carbons (Fsp3) is 0.250. The van der Waals surface area contributed by atoms with Gasteiger partial charge in [-0.25, -0.2) is 4.39 Å². The van der Waals surface area contributed by atoms with E-state index in [-0.39, 0.29) is 5.82 Å². The molecule has 1 nitrogen and oxygen atoms in total. The first-order valence-corrected chi connectivity index (χ1v) is 6.29. The lowest BCUT2D eigenvalue weighted by Gasteiger charge is -2.16. The highest BCUT2D eigenvalue weighted by Gasteiger charge is 2.11. The van der Waals surface area contributed by atoms with Crippen molar-refractivity contribution in [2.75, 3.05) is 6.54 Å². The Kier molecular flexibility index (Phi) is 4.48. The van der Waals surface area contributed by atoms with Crippen LogP contribution >= 0.6 is 0 Å². The van der Waals surface area contributed by atoms with Crippen molar-refractivity contribution in [2.24, 2.45) is 5.73 Å². The lowest BCUT2D eigenvalue weighted by atomic mass is 9.89. The average Bonchev–Trinajstić information content (AvgIpc) is 2.40. The van der Waals surface area contributed by atoms with Crippen LogP contribution in [-0.4, -0.2) is 6.54 Å². The van der Waals surface area contributed by atoms with Gasteiger partial charge in [-0.1, -0.05) is 42.5 Å². The van der Waals surface area contributed by atoms with Crippen LogP contribution < -0.4 is 5.73 Å². The maximum atomic E-state index is 12.9. The lowest BCUT2D eigenvalue weighted by molar-refractivity contribution is 0.612. The van der Waals surface area contributed by atoms with Gasteiger partial charge in [0.25, 0.3) is 0 Å². The molecule has 2 N–H and O–H groups in total. The molecule has 1 atom stereocenters. The highest BCUT2D eigenvalue weighted by molar-refractivity contribution is 5.24. The van der Waals surface area contributed by atoms with Crippen LogP contribution in [0.2, 0.25) is 0 Å². The number of rotatable bonds is 5. The molecule has 0 heterocycles. The molecule has 2 aromatic carbocycles. The number of hydrogen-bond acceptors (Lipinski definition) is 1. The van der Waals surface area contributed by atoms with Crippen LogP contribution in [0.5, 0.6) is 0 Å². The highest BCUT2D eigenvalue weighted by Crippen LogP contribution is 2.24. The topological polar surface area (TPSA) is 26.0 Å². The van der Waals surface area contributed by atoms with E-state index < -0.39 is 0 Å². The Morgan fingerprint density at radius 3 is 2.22 bits per heavy atom. The minimum absolute atomic E-state index is 0.190. The van der Waals surface area contributed by atoms with Crippen LogP contribution in [0.1, 0.15) is 23.5 Å². The summed E-state index contributed by atoms with van der Waals surface area (Å²) < 4.78 is 12.9. The van der Waals surface area contributed by atoms with E-state index in [0.29, 0.717) is 12.5 Å². The monoisotopic (exact) mass is 243 g/mol. The summed E-state index contributed by atoms with van der Waals surface area (Å²) in [5, 5.41) is 0. The third-order valence-electron chi connectivity index (χ3n) is 3.18. The van der Waals surface area contributed by atoms with Gasteiger partial charge in [0.05, 0.1) is 0 Å². The van der Waals surface area contributed by atoms with E-state index in [2.05, 4.69) is 12.1 Å². The van der Waals surface area contributed by atoms with Gasteiger partial charge in [0, 0.05) is 0 Å². The minimum atomic E-state index is -0.190. The van der Waals surface area contributed by atoms with Crippen molar-refractivity contribution in [1.29, 1.82) is 0 Å². The van der Waals surface area contributed by atoms with Crippen molar-refractivity contribution in [1.82, 2.24) is 0 Å². The summed E-state index contributed by atoms with van der Waals surface area (Å²) in [6, 6.07) is 17.1. The molecule has 0 amide bonds. The summed E-state index contributed by atoms with van der Waals surface area (Å²) in [4.78, 5) is 0. The first-order valence-electron chi connectivity index (χ1n) is 6.29. The summed E-state index contributed by atoms with van der Waals surface area (Å²) >= 11 is 0. The van der Waals surface area contributed by atoms with E-state index in [1.54, 1.807) is 0 Å². The van der Waals surface area contributed by atoms with Crippen LogP contribution in [0.3, 0.4) is 0 Å². The molecular weight excluding hydrogens is 225 g/mol. The molecule has 2 heteroatoms. The fourth-order valence-electron chi connectivity index (χ4n) is 2.22. The maximum absolute atomic E-state index is 12.9. The second-order valence-corrected chi connectivity index (χ2v) is 4.52. The first-order chi connectivity index (χ1) is 8.79. The number of nitrogens with two attached hydrogens (primary N) is 1. The van der Waals surface area contributed by atoms with Crippen LogP contribution in [0.15, 0.2) is 54.6 Å². The fourth-order valence-corrected chi connectivity index (χ4v) is 2.22. The predicted molar refractivity (Wildman–Crippen MR) is 73.0 cm³/mol. The Morgan fingerprint density at radius 2 is 1.61 bits per heavy atom. The van der Waals surface area contributed by atoms with Crippen molar-refractivity contribution in [3.8, 4) is 0 Å². The predicted octanol–water partition coefficient (Wildman–Crippen LogP) is 3.50. The Bertz CT molecular complexity index is 464. The minimum Gasteiger partial charge on any atom is -0.330 e. The van der Waals surface area contributed by atoms with Gasteiger partial charge in [-0.3, -0.25) is 0 Å². The van der Waals surface area contributed by atoms with Crippen LogP contribution in [-0.2, 0) is 6.42 Å². The molecule has 0 saturated heterocycles. The summed E-state index contributed by atoms with van der Waals surface area (Å²) in [6.07, 6.45) is 1.87. The molecule has 0 aliphatic rings. The zero-order valence-corrected chi connectivity index (χ0v) is 10.4. The molecule has 2 rings (SSSR count). The second kappa shape index (κ2) is 6.31. The Balaban J connectivity index is 2.15. The first kappa shape index (κ1) is 12.8. The SMILES string of the molecule is NCC[C@H](Cc1ccccc1)c1ccc(F)cc1. The molecule has 0 radical (unpaired) electrons. The summed E-state index contributed by atoms with van der Waals surface area (Å²) in [5.74, 6) is 0.169. The van der Waals surface area contributed by atoms with Crippen molar-refractivity contribution in [2.45, 2.75) is 18.8 Å². The largest absolute Gasteiger partial charge is 0.330 e. The van der Waals surface area contributed by atoms with Gasteiger partial charge < -0.3 is 5.73 Å². The molecule has 0 fully saturated rings. The number of hydrogen-bond donors (Lipinski definition) is 1. The Morgan fingerprint density at radius 1 is 0.944 bits per heavy atom. The normalized spacial score (nSPS) is 12.3. The van der Waals surface area contributed by atoms with E-state index in [9.17, 15) is 4.39 Å². The standard InChI is InChI=1S/C16H18FN/c17-16-8-6-14(7-9-16)15(10-11-18)12-13-4-2-1-3-5-13/h1-9,15H,10-12,18H2/t15-/m1/s1. The second-order valence-electron chi connectivity index (χ2n) is 4.52. The molecule has 0 spiro atoms. The summed E-state index contributed by atoms with van der Waals surface area (Å²) in [6.45, 7) is 0.648. The number of benzene rings is 2. The molecule has 0 aliphatic carbocycles. The van der Waals surface area contributed by atoms with E-state index in [1.165, 1.54) is 17.7 Å². The Hall–Kier alpha value is -1.67. The van der Waals surface area contributed by atoms with Gasteiger partial charge in [0.2, 0.25) is 0 Å². The van der Waals surface area contributed by atoms with E-state index in [0.717, 1.165) is 18.4 Å². The molecule has 0 bridgehead atoms. The molecule has 18 heavy (non-hydrogen) atoms. The van der Waals surface area contributed by atoms with Gasteiger partial charge in [-0.05, 0) is 48.6 Å². The summed E-state index contributed by atoms with van der Waals surface area (Å²) in [7, 11) is 0. The molecule has 0 saturated carbocycles. The quantitative estimate of drug-likeness (QED) is 0.854. The van der Waals surface area contributed by atoms with Crippen LogP contribution in [0.4, 0.5) is 4.39 Å². The zero-order chi connectivity index (χ0) is 12.8. The van der Waals surface area contributed by atoms with Gasteiger partial charge in [-0.15, -0.1) is 0 Å². The average molecular weight is 243 g/mol. The van der Waals surface area contributed by atoms with Crippen molar-refractivity contribution in [3.63, 3.8) is 0 Å². The third kappa shape index (κ3) is 3.41. The molecule has 0 unspecified atom stereocenters. The molecular formula is C16H18FN. The van der Waals surface area contributed by atoms with Crippen LogP contribution in [0.25, 0.3) is 0 Å². The van der Waals surface area contributed by atoms with E-state index in [4.69, 9.17) is 5.73 Å². The summed E-state index contributed by atoms with van der Waals surface area (Å²) in [5.41, 5.74) is 8.13. The maximum Gasteiger partial charge on any atom is 0.123 e. The molecule has 0 aromatic heterocycles. The zero-order valence-electron chi connectivity index (χ0n) is 10.4. The number of halogens is 1. The molecule has 0 aliphatic heterocycles. The van der Waals surface area contributed by atoms with Gasteiger partial charge in [0.1, 0.15) is 5.82 Å². The Labute approximate surface area is 107 Å². The smallest absolute Gasteiger partial charge is 0.123 e. The van der Waals surface area contributed by atoms with Gasteiger partial charge in [-0.2, -0.15) is 0 Å². The molecule has 94 valence electrons. The highest BCUT2D eigenvalue weighted by atomic mass is 19.1. The third-order valence-corrected chi connectivity index (χ3v) is 3.18. The van der Waals surface area contributed by atoms with Crippen LogP contribution in [0, 0.1) is 5.82 Å². The van der Waals surface area contributed by atoms with Gasteiger partial charge in [0.15, 0.2) is 0 Å². The van der Waals surface area contributed by atoms with Gasteiger partial charge >= 0.3 is 0 Å². The lowest BCUT2D eigenvalue weighted by Crippen LogP contribution is -2.10. The molecule has 2 aromatic rings.